The summed E-state index contributed by atoms with van der Waals surface area (Å²) in [5.41, 5.74) is 5.44. The predicted octanol–water partition coefficient (Wildman–Crippen LogP) is 0.873. The van der Waals surface area contributed by atoms with Gasteiger partial charge in [-0.3, -0.25) is 30.4 Å². The Morgan fingerprint density at radius 2 is 2.22 bits per heavy atom. The molecule has 3 N–H and O–H groups in total. The van der Waals surface area contributed by atoms with Gasteiger partial charge in [-0.2, -0.15) is 0 Å². The van der Waals surface area contributed by atoms with Crippen molar-refractivity contribution in [2.45, 2.75) is 32.6 Å². The minimum atomic E-state index is -0.532. The summed E-state index contributed by atoms with van der Waals surface area (Å²) in [6.07, 6.45) is 5.22. The van der Waals surface area contributed by atoms with Crippen LogP contribution >= 0.6 is 0 Å². The van der Waals surface area contributed by atoms with Crippen molar-refractivity contribution in [1.29, 1.82) is 0 Å². The molecule has 1 heterocycles. The Morgan fingerprint density at radius 1 is 1.48 bits per heavy atom. The molecule has 8 heteroatoms. The third kappa shape index (κ3) is 6.52. The van der Waals surface area contributed by atoms with Crippen LogP contribution in [0.25, 0.3) is 0 Å². The van der Waals surface area contributed by atoms with Gasteiger partial charge in [-0.25, -0.2) is 5.06 Å². The summed E-state index contributed by atoms with van der Waals surface area (Å²) < 4.78 is 1.41. The number of amides is 2. The van der Waals surface area contributed by atoms with Gasteiger partial charge < -0.3 is 4.57 Å². The van der Waals surface area contributed by atoms with E-state index in [-0.39, 0.29) is 24.4 Å². The molecule has 0 spiro atoms. The molecule has 0 aromatic carbocycles. The second-order valence-corrected chi connectivity index (χ2v) is 5.40. The summed E-state index contributed by atoms with van der Waals surface area (Å²) in [5.74, 6) is -0.876. The summed E-state index contributed by atoms with van der Waals surface area (Å²) >= 11 is 0. The van der Waals surface area contributed by atoms with Crippen LogP contribution in [0, 0.1) is 5.92 Å². The van der Waals surface area contributed by atoms with Crippen molar-refractivity contribution < 1.29 is 14.8 Å². The average Bonchev–Trinajstić information content (AvgIpc) is 2.54. The van der Waals surface area contributed by atoms with E-state index in [1.807, 2.05) is 0 Å². The van der Waals surface area contributed by atoms with Crippen LogP contribution < -0.4 is 16.4 Å². The molecule has 0 aliphatic carbocycles. The van der Waals surface area contributed by atoms with Crippen LogP contribution in [-0.2, 0) is 16.6 Å². The Morgan fingerprint density at radius 3 is 2.83 bits per heavy atom. The molecule has 0 radical (unpaired) electrons. The second-order valence-electron chi connectivity index (χ2n) is 5.40. The molecule has 23 heavy (non-hydrogen) atoms. The first kappa shape index (κ1) is 18.7. The van der Waals surface area contributed by atoms with E-state index in [0.717, 1.165) is 19.3 Å². The van der Waals surface area contributed by atoms with Gasteiger partial charge in [0, 0.05) is 19.3 Å². The van der Waals surface area contributed by atoms with Gasteiger partial charge in [-0.1, -0.05) is 26.2 Å². The normalized spacial score (nSPS) is 11.6. The van der Waals surface area contributed by atoms with Crippen LogP contribution in [0.1, 0.15) is 32.6 Å². The van der Waals surface area contributed by atoms with Gasteiger partial charge >= 0.3 is 0 Å². The van der Waals surface area contributed by atoms with E-state index in [4.69, 9.17) is 0 Å². The topological polar surface area (TPSA) is 104 Å². The van der Waals surface area contributed by atoms with E-state index in [9.17, 15) is 19.6 Å². The van der Waals surface area contributed by atoms with Crippen molar-refractivity contribution in [2.24, 2.45) is 13.0 Å². The number of unbranched alkanes of at least 4 members (excludes halogenated alkanes) is 2. The lowest BCUT2D eigenvalue weighted by Gasteiger charge is -2.20. The fourth-order valence-electron chi connectivity index (χ4n) is 2.08. The smallest absolute Gasteiger partial charge is 0.252 e. The number of rotatable bonds is 10. The summed E-state index contributed by atoms with van der Waals surface area (Å²) in [7, 11) is 1.63. The Hall–Kier alpha value is -2.35. The van der Waals surface area contributed by atoms with E-state index in [2.05, 4.69) is 17.8 Å². The molecule has 0 saturated carbocycles. The molecule has 0 aliphatic rings. The van der Waals surface area contributed by atoms with Crippen LogP contribution in [0.2, 0.25) is 0 Å². The van der Waals surface area contributed by atoms with Gasteiger partial charge in [-0.15, -0.1) is 0 Å². The molecule has 1 aromatic rings. The van der Waals surface area contributed by atoms with Crippen LogP contribution in [0.15, 0.2) is 23.1 Å². The van der Waals surface area contributed by atoms with Crippen LogP contribution in [0.4, 0.5) is 5.69 Å². The molecular weight excluding hydrogens is 300 g/mol. The molecule has 128 valence electrons. The van der Waals surface area contributed by atoms with Crippen molar-refractivity contribution in [3.8, 4) is 0 Å². The molecule has 2 amide bonds. The van der Waals surface area contributed by atoms with E-state index in [1.54, 1.807) is 19.3 Å². The molecule has 0 bridgehead atoms. The SMILES string of the molecule is CCCCC[C@H](CN(O)C=O)C(=O)NNc1ccn(C)c(=O)c1. The van der Waals surface area contributed by atoms with E-state index >= 15 is 0 Å². The standard InChI is InChI=1S/C15H24N4O4/c1-3-4-5-6-12(10-19(23)11-20)15(22)17-16-13-7-8-18(2)14(21)9-13/h7-9,11-12,16,23H,3-6,10H2,1-2H3,(H,17,22)/t12-/m1/s1. The molecule has 1 aromatic heterocycles. The van der Waals surface area contributed by atoms with E-state index < -0.39 is 5.92 Å². The van der Waals surface area contributed by atoms with Gasteiger partial charge in [-0.05, 0) is 12.5 Å². The van der Waals surface area contributed by atoms with Crippen molar-refractivity contribution >= 4 is 18.0 Å². The number of pyridine rings is 1. The van der Waals surface area contributed by atoms with Gasteiger partial charge in [0.2, 0.25) is 12.3 Å². The first-order valence-corrected chi connectivity index (χ1v) is 7.61. The highest BCUT2D eigenvalue weighted by molar-refractivity contribution is 5.80. The fraction of sp³-hybridized carbons (Fsp3) is 0.533. The molecule has 0 fully saturated rings. The lowest BCUT2D eigenvalue weighted by molar-refractivity contribution is -0.154. The van der Waals surface area contributed by atoms with Gasteiger partial charge in [0.15, 0.2) is 0 Å². The quantitative estimate of drug-likeness (QED) is 0.256. The fourth-order valence-corrected chi connectivity index (χ4v) is 2.08. The van der Waals surface area contributed by atoms with Gasteiger partial charge in [0.1, 0.15) is 0 Å². The lowest BCUT2D eigenvalue weighted by Crippen LogP contribution is -2.40. The largest absolute Gasteiger partial charge is 0.318 e. The maximum atomic E-state index is 12.2. The molecule has 8 nitrogen and oxygen atoms in total. The Bertz CT molecular complexity index is 573. The Kier molecular flexibility index (Phi) is 7.82. The number of hydrogen-bond donors (Lipinski definition) is 3. The van der Waals surface area contributed by atoms with Crippen LogP contribution in [-0.4, -0.2) is 33.7 Å². The maximum absolute atomic E-state index is 12.2. The highest BCUT2D eigenvalue weighted by Gasteiger charge is 2.20. The molecule has 1 rings (SSSR count). The van der Waals surface area contributed by atoms with Gasteiger partial charge in [0.25, 0.3) is 5.56 Å². The maximum Gasteiger partial charge on any atom is 0.252 e. The van der Waals surface area contributed by atoms with Crippen LogP contribution in [0.3, 0.4) is 0 Å². The first-order chi connectivity index (χ1) is 11.0. The van der Waals surface area contributed by atoms with E-state index in [0.29, 0.717) is 17.2 Å². The minimum Gasteiger partial charge on any atom is -0.318 e. The average molecular weight is 324 g/mol. The highest BCUT2D eigenvalue weighted by atomic mass is 16.5. The van der Waals surface area contributed by atoms with Crippen molar-refractivity contribution in [2.75, 3.05) is 12.0 Å². The number of anilines is 1. The second kappa shape index (κ2) is 9.62. The number of hydroxylamine groups is 2. The molecule has 0 unspecified atom stereocenters. The van der Waals surface area contributed by atoms with Gasteiger partial charge in [0.05, 0.1) is 18.2 Å². The first-order valence-electron chi connectivity index (χ1n) is 7.61. The zero-order valence-corrected chi connectivity index (χ0v) is 13.5. The Balaban J connectivity index is 2.61. The summed E-state index contributed by atoms with van der Waals surface area (Å²) in [6.45, 7) is 1.98. The third-order valence-electron chi connectivity index (χ3n) is 3.49. The summed E-state index contributed by atoms with van der Waals surface area (Å²) in [5, 5.41) is 9.77. The molecular formula is C15H24N4O4. The summed E-state index contributed by atoms with van der Waals surface area (Å²) in [4.78, 5) is 34.2. The Labute approximate surface area is 135 Å². The van der Waals surface area contributed by atoms with Crippen molar-refractivity contribution in [3.05, 3.63) is 28.7 Å². The predicted molar refractivity (Wildman–Crippen MR) is 85.6 cm³/mol. The number of carbonyl (C=O) groups excluding carboxylic acids is 2. The number of aromatic nitrogens is 1. The number of aryl methyl sites for hydroxylation is 1. The highest BCUT2D eigenvalue weighted by Crippen LogP contribution is 2.11. The zero-order chi connectivity index (χ0) is 17.2. The van der Waals surface area contributed by atoms with Crippen LogP contribution in [0.5, 0.6) is 0 Å². The summed E-state index contributed by atoms with van der Waals surface area (Å²) in [6, 6.07) is 3.01. The molecule has 1 atom stereocenters. The number of hydrazine groups is 1. The number of carbonyl (C=O) groups is 2. The van der Waals surface area contributed by atoms with Crippen molar-refractivity contribution in [1.82, 2.24) is 15.1 Å². The lowest BCUT2D eigenvalue weighted by atomic mass is 10.0. The monoisotopic (exact) mass is 324 g/mol. The van der Waals surface area contributed by atoms with E-state index in [1.165, 1.54) is 10.6 Å². The molecule has 0 aliphatic heterocycles. The minimum absolute atomic E-state index is 0.0721. The third-order valence-corrected chi connectivity index (χ3v) is 3.49. The number of nitrogens with zero attached hydrogens (tertiary/aromatic N) is 2. The number of hydrogen-bond acceptors (Lipinski definition) is 5. The number of nitrogens with one attached hydrogen (secondary N) is 2. The zero-order valence-electron chi connectivity index (χ0n) is 13.5. The molecule has 0 saturated heterocycles. The van der Waals surface area contributed by atoms with Crippen molar-refractivity contribution in [3.63, 3.8) is 0 Å².